The fourth-order valence-corrected chi connectivity index (χ4v) is 2.27. The molecule has 0 saturated heterocycles. The lowest BCUT2D eigenvalue weighted by Gasteiger charge is -2.06. The number of hydrogen-bond donors (Lipinski definition) is 2. The van der Waals surface area contributed by atoms with Crippen LogP contribution in [0.25, 0.3) is 0 Å². The first-order chi connectivity index (χ1) is 11.2. The Kier molecular flexibility index (Phi) is 11.8. The number of nitrogens with zero attached hydrogens (tertiary/aromatic N) is 2. The van der Waals surface area contributed by atoms with Crippen LogP contribution in [0.3, 0.4) is 0 Å². The van der Waals surface area contributed by atoms with E-state index < -0.39 is 0 Å². The Morgan fingerprint density at radius 1 is 0.750 bits per heavy atom. The SMILES string of the molecule is C/C(CC(C)C)=N/NC(=O)CCCCC(=O)N/N=C(/C)CC(C)C. The molecule has 24 heavy (non-hydrogen) atoms. The molecule has 0 aliphatic rings. The molecule has 138 valence electrons. The van der Waals surface area contributed by atoms with Crippen LogP contribution in [0.2, 0.25) is 0 Å². The van der Waals surface area contributed by atoms with Crippen LogP contribution in [0.15, 0.2) is 10.2 Å². The first-order valence-corrected chi connectivity index (χ1v) is 8.84. The molecule has 0 atom stereocenters. The monoisotopic (exact) mass is 338 g/mol. The molecule has 0 saturated carbocycles. The standard InChI is InChI=1S/C18H34N4O2/c1-13(2)11-15(5)19-21-17(23)9-7-8-10-18(24)22-20-16(6)12-14(3)4/h13-14H,7-12H2,1-6H3,(H,21,23)(H,22,24)/b19-15-,20-16-. The van der Waals surface area contributed by atoms with E-state index in [9.17, 15) is 9.59 Å². The van der Waals surface area contributed by atoms with Gasteiger partial charge in [-0.25, -0.2) is 10.9 Å². The molecular formula is C18H34N4O2. The first kappa shape index (κ1) is 22.3. The number of carbonyl (C=O) groups is 2. The normalized spacial score (nSPS) is 12.7. The second-order valence-corrected chi connectivity index (χ2v) is 7.17. The quantitative estimate of drug-likeness (QED) is 0.342. The van der Waals surface area contributed by atoms with E-state index in [0.717, 1.165) is 24.3 Å². The van der Waals surface area contributed by atoms with Crippen LogP contribution in [0, 0.1) is 11.8 Å². The summed E-state index contributed by atoms with van der Waals surface area (Å²) in [7, 11) is 0. The predicted octanol–water partition coefficient (Wildman–Crippen LogP) is 3.62. The molecule has 0 heterocycles. The Balaban J connectivity index is 3.85. The van der Waals surface area contributed by atoms with E-state index in [-0.39, 0.29) is 11.8 Å². The number of rotatable bonds is 11. The van der Waals surface area contributed by atoms with Gasteiger partial charge in [0, 0.05) is 24.3 Å². The van der Waals surface area contributed by atoms with E-state index in [2.05, 4.69) is 48.7 Å². The second-order valence-electron chi connectivity index (χ2n) is 7.17. The summed E-state index contributed by atoms with van der Waals surface area (Å²) >= 11 is 0. The Bertz CT molecular complexity index is 412. The fraction of sp³-hybridized carbons (Fsp3) is 0.778. The Hall–Kier alpha value is -1.72. The van der Waals surface area contributed by atoms with Gasteiger partial charge in [-0.05, 0) is 51.4 Å². The summed E-state index contributed by atoms with van der Waals surface area (Å²) in [5.74, 6) is 0.834. The lowest BCUT2D eigenvalue weighted by molar-refractivity contribution is -0.123. The van der Waals surface area contributed by atoms with Crippen LogP contribution < -0.4 is 10.9 Å². The smallest absolute Gasteiger partial charge is 0.240 e. The van der Waals surface area contributed by atoms with Gasteiger partial charge >= 0.3 is 0 Å². The molecule has 6 heteroatoms. The Morgan fingerprint density at radius 2 is 1.08 bits per heavy atom. The number of nitrogens with one attached hydrogen (secondary N) is 2. The van der Waals surface area contributed by atoms with E-state index >= 15 is 0 Å². The second kappa shape index (κ2) is 12.7. The summed E-state index contributed by atoms with van der Waals surface area (Å²) in [6, 6.07) is 0. The van der Waals surface area contributed by atoms with Gasteiger partial charge in [-0.3, -0.25) is 9.59 Å². The van der Waals surface area contributed by atoms with Gasteiger partial charge in [-0.1, -0.05) is 27.7 Å². The van der Waals surface area contributed by atoms with Crippen LogP contribution in [-0.4, -0.2) is 23.2 Å². The third-order valence-corrected chi connectivity index (χ3v) is 3.21. The maximum Gasteiger partial charge on any atom is 0.240 e. The first-order valence-electron chi connectivity index (χ1n) is 8.84. The molecule has 0 aromatic rings. The van der Waals surface area contributed by atoms with Crippen LogP contribution in [0.1, 0.15) is 80.1 Å². The summed E-state index contributed by atoms with van der Waals surface area (Å²) in [6.07, 6.45) is 3.82. The molecule has 0 unspecified atom stereocenters. The summed E-state index contributed by atoms with van der Waals surface area (Å²) in [4.78, 5) is 23.3. The van der Waals surface area contributed by atoms with Crippen molar-refractivity contribution in [1.82, 2.24) is 10.9 Å². The third kappa shape index (κ3) is 13.9. The van der Waals surface area contributed by atoms with E-state index in [1.807, 2.05) is 13.8 Å². The summed E-state index contributed by atoms with van der Waals surface area (Å²) in [5, 5.41) is 8.14. The van der Waals surface area contributed by atoms with E-state index in [0.29, 0.717) is 37.5 Å². The maximum atomic E-state index is 11.7. The molecule has 6 nitrogen and oxygen atoms in total. The minimum atomic E-state index is -0.107. The van der Waals surface area contributed by atoms with Crippen LogP contribution >= 0.6 is 0 Å². The van der Waals surface area contributed by atoms with Crippen molar-refractivity contribution in [3.05, 3.63) is 0 Å². The van der Waals surface area contributed by atoms with Crippen LogP contribution in [0.4, 0.5) is 0 Å². The largest absolute Gasteiger partial charge is 0.273 e. The van der Waals surface area contributed by atoms with Crippen LogP contribution in [0.5, 0.6) is 0 Å². The highest BCUT2D eigenvalue weighted by atomic mass is 16.2. The zero-order chi connectivity index (χ0) is 18.5. The third-order valence-electron chi connectivity index (χ3n) is 3.21. The molecule has 0 aliphatic carbocycles. The van der Waals surface area contributed by atoms with E-state index in [4.69, 9.17) is 0 Å². The maximum absolute atomic E-state index is 11.7. The lowest BCUT2D eigenvalue weighted by Crippen LogP contribution is -2.20. The molecular weight excluding hydrogens is 304 g/mol. The summed E-state index contributed by atoms with van der Waals surface area (Å²) < 4.78 is 0. The highest BCUT2D eigenvalue weighted by Crippen LogP contribution is 2.03. The average molecular weight is 338 g/mol. The van der Waals surface area contributed by atoms with Crippen molar-refractivity contribution in [3.8, 4) is 0 Å². The van der Waals surface area contributed by atoms with Crippen molar-refractivity contribution in [2.75, 3.05) is 0 Å². The highest BCUT2D eigenvalue weighted by molar-refractivity contribution is 5.85. The zero-order valence-corrected chi connectivity index (χ0v) is 16.1. The van der Waals surface area contributed by atoms with Crippen LogP contribution in [-0.2, 0) is 9.59 Å². The molecule has 2 N–H and O–H groups in total. The predicted molar refractivity (Wildman–Crippen MR) is 99.9 cm³/mol. The van der Waals surface area contributed by atoms with Crippen molar-refractivity contribution in [2.24, 2.45) is 22.0 Å². The van der Waals surface area contributed by atoms with Gasteiger partial charge in [0.15, 0.2) is 0 Å². The number of carbonyl (C=O) groups excluding carboxylic acids is 2. The lowest BCUT2D eigenvalue weighted by atomic mass is 10.1. The Morgan fingerprint density at radius 3 is 1.38 bits per heavy atom. The Labute approximate surface area is 146 Å². The molecule has 0 aliphatic heterocycles. The molecule has 2 amide bonds. The number of hydrazone groups is 2. The van der Waals surface area contributed by atoms with Gasteiger partial charge in [0.2, 0.25) is 11.8 Å². The van der Waals surface area contributed by atoms with Gasteiger partial charge in [-0.15, -0.1) is 0 Å². The van der Waals surface area contributed by atoms with Crippen molar-refractivity contribution in [3.63, 3.8) is 0 Å². The highest BCUT2D eigenvalue weighted by Gasteiger charge is 2.04. The van der Waals surface area contributed by atoms with Gasteiger partial charge < -0.3 is 0 Å². The zero-order valence-electron chi connectivity index (χ0n) is 16.1. The fourth-order valence-electron chi connectivity index (χ4n) is 2.27. The van der Waals surface area contributed by atoms with Crippen molar-refractivity contribution < 1.29 is 9.59 Å². The van der Waals surface area contributed by atoms with Crippen molar-refractivity contribution in [1.29, 1.82) is 0 Å². The van der Waals surface area contributed by atoms with Crippen molar-refractivity contribution in [2.45, 2.75) is 80.1 Å². The summed E-state index contributed by atoms with van der Waals surface area (Å²) in [6.45, 7) is 12.3. The molecule has 0 fully saturated rings. The summed E-state index contributed by atoms with van der Waals surface area (Å²) in [5.41, 5.74) is 6.97. The number of amides is 2. The molecule has 0 aromatic heterocycles. The van der Waals surface area contributed by atoms with Gasteiger partial charge in [0.05, 0.1) is 0 Å². The molecule has 0 bridgehead atoms. The topological polar surface area (TPSA) is 82.9 Å². The van der Waals surface area contributed by atoms with Gasteiger partial charge in [-0.2, -0.15) is 10.2 Å². The van der Waals surface area contributed by atoms with E-state index in [1.54, 1.807) is 0 Å². The molecule has 0 rings (SSSR count). The van der Waals surface area contributed by atoms with Gasteiger partial charge in [0.1, 0.15) is 0 Å². The minimum Gasteiger partial charge on any atom is -0.273 e. The average Bonchev–Trinajstić information content (AvgIpc) is 2.46. The van der Waals surface area contributed by atoms with Gasteiger partial charge in [0.25, 0.3) is 0 Å². The molecule has 0 spiro atoms. The molecule has 0 radical (unpaired) electrons. The number of unbranched alkanes of at least 4 members (excludes halogenated alkanes) is 1. The van der Waals surface area contributed by atoms with E-state index in [1.165, 1.54) is 0 Å². The van der Waals surface area contributed by atoms with Crippen molar-refractivity contribution >= 4 is 23.2 Å². The number of hydrogen-bond acceptors (Lipinski definition) is 4. The minimum absolute atomic E-state index is 0.107. The molecule has 0 aromatic carbocycles.